The molecule has 3 fully saturated rings. The molecule has 34 heavy (non-hydrogen) atoms. The third-order valence-corrected chi connectivity index (χ3v) is 8.17. The molecule has 4 aliphatic carbocycles. The van der Waals surface area contributed by atoms with Gasteiger partial charge in [0, 0.05) is 21.2 Å². The van der Waals surface area contributed by atoms with Gasteiger partial charge in [0.25, 0.3) is 17.7 Å². The molecule has 2 bridgehead atoms. The molecular formula is C26H20Cl2N2O4. The summed E-state index contributed by atoms with van der Waals surface area (Å²) in [5.41, 5.74) is 0.561. The Balaban J connectivity index is 1.36. The van der Waals surface area contributed by atoms with Crippen molar-refractivity contribution in [3.63, 3.8) is 0 Å². The van der Waals surface area contributed by atoms with Gasteiger partial charge in [0.1, 0.15) is 6.54 Å². The summed E-state index contributed by atoms with van der Waals surface area (Å²) >= 11 is 11.9. The SMILES string of the molecule is O=C(CN(C(=O)c1ccc(Cl)cc1)N1C(=O)[C@@H]2[C@H]3C=C[C@@H]([C@@H]4C[C@@H]34)[C@H]2C1=O)c1ccc(Cl)cc1. The standard InChI is InChI=1S/C26H20Cl2N2O4/c27-15-5-1-13(2-6-15)21(31)12-29(24(32)14-3-7-16(28)8-4-14)30-25(33)22-17-9-10-18(20-11-19(17)20)23(22)26(30)34/h1-10,17-20,22-23H,11-12H2/t17-,18-,19-,20-,22+,23+/m0/s1. The van der Waals surface area contributed by atoms with Gasteiger partial charge in [0.05, 0.1) is 11.8 Å². The molecule has 2 saturated carbocycles. The first kappa shape index (κ1) is 21.6. The van der Waals surface area contributed by atoms with Gasteiger partial charge in [-0.25, -0.2) is 5.01 Å². The van der Waals surface area contributed by atoms with E-state index in [1.165, 1.54) is 12.1 Å². The summed E-state index contributed by atoms with van der Waals surface area (Å²) in [6, 6.07) is 12.4. The van der Waals surface area contributed by atoms with Crippen LogP contribution in [0.1, 0.15) is 27.1 Å². The summed E-state index contributed by atoms with van der Waals surface area (Å²) in [6.45, 7) is -0.449. The summed E-state index contributed by atoms with van der Waals surface area (Å²) < 4.78 is 0. The van der Waals surface area contributed by atoms with Crippen LogP contribution < -0.4 is 0 Å². The maximum atomic E-state index is 13.6. The summed E-state index contributed by atoms with van der Waals surface area (Å²) in [7, 11) is 0. The molecule has 1 heterocycles. The molecule has 6 atom stereocenters. The largest absolute Gasteiger partial charge is 0.292 e. The molecule has 0 spiro atoms. The molecule has 5 aliphatic rings. The first-order valence-electron chi connectivity index (χ1n) is 11.3. The maximum Gasteiger partial charge on any atom is 0.273 e. The van der Waals surface area contributed by atoms with Crippen molar-refractivity contribution in [3.8, 4) is 0 Å². The lowest BCUT2D eigenvalue weighted by molar-refractivity contribution is -0.154. The minimum Gasteiger partial charge on any atom is -0.292 e. The first-order valence-corrected chi connectivity index (χ1v) is 12.0. The van der Waals surface area contributed by atoms with Crippen molar-refractivity contribution >= 4 is 46.7 Å². The number of carbonyl (C=O) groups is 4. The van der Waals surface area contributed by atoms with Crippen LogP contribution in [0.15, 0.2) is 60.7 Å². The highest BCUT2D eigenvalue weighted by molar-refractivity contribution is 6.31. The molecule has 0 aromatic heterocycles. The number of hydrogen-bond acceptors (Lipinski definition) is 4. The van der Waals surface area contributed by atoms with Crippen molar-refractivity contribution in [2.24, 2.45) is 35.5 Å². The Morgan fingerprint density at radius 3 is 1.76 bits per heavy atom. The molecule has 0 unspecified atom stereocenters. The smallest absolute Gasteiger partial charge is 0.273 e. The number of imide groups is 1. The van der Waals surface area contributed by atoms with Gasteiger partial charge in [-0.2, -0.15) is 5.01 Å². The van der Waals surface area contributed by atoms with Crippen molar-refractivity contribution in [1.29, 1.82) is 0 Å². The lowest BCUT2D eigenvalue weighted by atomic mass is 9.63. The topological polar surface area (TPSA) is 74.8 Å². The number of rotatable bonds is 5. The number of benzene rings is 2. The van der Waals surface area contributed by atoms with E-state index in [0.717, 1.165) is 16.4 Å². The van der Waals surface area contributed by atoms with E-state index in [1.54, 1.807) is 36.4 Å². The Morgan fingerprint density at radius 2 is 1.26 bits per heavy atom. The predicted octanol–water partition coefficient (Wildman–Crippen LogP) is 4.29. The van der Waals surface area contributed by atoms with Crippen LogP contribution in [-0.2, 0) is 9.59 Å². The number of hydrazine groups is 1. The molecule has 2 aromatic rings. The molecule has 0 radical (unpaired) electrons. The lowest BCUT2D eigenvalue weighted by Gasteiger charge is -2.37. The Hall–Kier alpha value is -2.96. The molecule has 8 heteroatoms. The van der Waals surface area contributed by atoms with Crippen LogP contribution in [0.3, 0.4) is 0 Å². The summed E-state index contributed by atoms with van der Waals surface area (Å²) in [5.74, 6) is -1.86. The number of carbonyl (C=O) groups excluding carboxylic acids is 4. The third-order valence-electron chi connectivity index (χ3n) is 7.67. The minimum atomic E-state index is -0.607. The lowest BCUT2D eigenvalue weighted by Crippen LogP contribution is -2.52. The van der Waals surface area contributed by atoms with Gasteiger partial charge in [-0.1, -0.05) is 35.4 Å². The van der Waals surface area contributed by atoms with Crippen molar-refractivity contribution in [2.75, 3.05) is 6.54 Å². The van der Waals surface area contributed by atoms with Crippen LogP contribution in [0.2, 0.25) is 10.0 Å². The highest BCUT2D eigenvalue weighted by Crippen LogP contribution is 2.65. The quantitative estimate of drug-likeness (QED) is 0.353. The van der Waals surface area contributed by atoms with Crippen LogP contribution >= 0.6 is 23.2 Å². The van der Waals surface area contributed by atoms with Gasteiger partial charge >= 0.3 is 0 Å². The normalized spacial score (nSPS) is 30.2. The fourth-order valence-corrected chi connectivity index (χ4v) is 6.27. The van der Waals surface area contributed by atoms with Gasteiger partial charge < -0.3 is 0 Å². The van der Waals surface area contributed by atoms with Crippen LogP contribution in [0.4, 0.5) is 0 Å². The number of Topliss-reactive ketones (excluding diaryl/α,β-unsaturated/α-hetero) is 1. The molecule has 1 saturated heterocycles. The fourth-order valence-electron chi connectivity index (χ4n) is 6.02. The van der Waals surface area contributed by atoms with E-state index in [9.17, 15) is 19.2 Å². The van der Waals surface area contributed by atoms with Crippen LogP contribution in [0.5, 0.6) is 0 Å². The van der Waals surface area contributed by atoms with Crippen molar-refractivity contribution in [3.05, 3.63) is 81.9 Å². The zero-order chi connectivity index (χ0) is 23.7. The highest BCUT2D eigenvalue weighted by Gasteiger charge is 2.68. The predicted molar refractivity (Wildman–Crippen MR) is 125 cm³/mol. The third kappa shape index (κ3) is 3.23. The second-order valence-corrected chi connectivity index (χ2v) is 10.3. The van der Waals surface area contributed by atoms with E-state index >= 15 is 0 Å². The van der Waals surface area contributed by atoms with Gasteiger partial charge in [0.2, 0.25) is 0 Å². The average molecular weight is 495 g/mol. The van der Waals surface area contributed by atoms with E-state index in [0.29, 0.717) is 27.4 Å². The number of nitrogens with zero attached hydrogens (tertiary/aromatic N) is 2. The Bertz CT molecular complexity index is 1220. The molecule has 6 nitrogen and oxygen atoms in total. The molecule has 7 rings (SSSR count). The Morgan fingerprint density at radius 1 is 0.794 bits per heavy atom. The van der Waals surface area contributed by atoms with E-state index in [-0.39, 0.29) is 17.4 Å². The number of halogens is 2. The van der Waals surface area contributed by atoms with Crippen LogP contribution in [0.25, 0.3) is 0 Å². The molecule has 0 N–H and O–H groups in total. The molecule has 172 valence electrons. The monoisotopic (exact) mass is 494 g/mol. The number of ketones is 1. The number of allylic oxidation sites excluding steroid dienone is 2. The van der Waals surface area contributed by atoms with E-state index in [2.05, 4.69) is 12.2 Å². The highest BCUT2D eigenvalue weighted by atomic mass is 35.5. The number of hydrogen-bond donors (Lipinski definition) is 0. The zero-order valence-corrected chi connectivity index (χ0v) is 19.4. The van der Waals surface area contributed by atoms with Crippen molar-refractivity contribution in [2.45, 2.75) is 6.42 Å². The second-order valence-electron chi connectivity index (χ2n) is 9.44. The van der Waals surface area contributed by atoms with Crippen LogP contribution in [-0.4, -0.2) is 40.1 Å². The minimum absolute atomic E-state index is 0.0147. The van der Waals surface area contributed by atoms with Gasteiger partial charge in [-0.05, 0) is 78.6 Å². The van der Waals surface area contributed by atoms with E-state index in [4.69, 9.17) is 23.2 Å². The maximum absolute atomic E-state index is 13.6. The van der Waals surface area contributed by atoms with Gasteiger partial charge in [-0.3, -0.25) is 19.2 Å². The first-order chi connectivity index (χ1) is 16.3. The Labute approximate surface area is 206 Å². The van der Waals surface area contributed by atoms with Crippen molar-refractivity contribution < 1.29 is 19.2 Å². The molecular weight excluding hydrogens is 475 g/mol. The fraction of sp³-hybridized carbons (Fsp3) is 0.308. The summed E-state index contributed by atoms with van der Waals surface area (Å²) in [5, 5.41) is 2.87. The van der Waals surface area contributed by atoms with E-state index < -0.39 is 41.9 Å². The van der Waals surface area contributed by atoms with Gasteiger partial charge in [-0.15, -0.1) is 0 Å². The summed E-state index contributed by atoms with van der Waals surface area (Å²) in [4.78, 5) is 53.9. The van der Waals surface area contributed by atoms with Crippen LogP contribution in [0, 0.1) is 35.5 Å². The zero-order valence-electron chi connectivity index (χ0n) is 17.9. The number of amides is 3. The molecule has 1 aliphatic heterocycles. The molecule has 2 aromatic carbocycles. The van der Waals surface area contributed by atoms with Crippen molar-refractivity contribution in [1.82, 2.24) is 10.0 Å². The van der Waals surface area contributed by atoms with Gasteiger partial charge in [0.15, 0.2) is 5.78 Å². The van der Waals surface area contributed by atoms with E-state index in [1.807, 2.05) is 0 Å². The average Bonchev–Trinajstić information content (AvgIpc) is 3.62. The Kier molecular flexibility index (Phi) is 4.94. The summed E-state index contributed by atoms with van der Waals surface area (Å²) in [6.07, 6.45) is 5.18. The molecule has 3 amide bonds. The second kappa shape index (κ2) is 7.79.